The van der Waals surface area contributed by atoms with E-state index in [-0.39, 0.29) is 0 Å². The number of hydrogen-bond acceptors (Lipinski definition) is 2. The summed E-state index contributed by atoms with van der Waals surface area (Å²) in [7, 11) is 0. The Kier molecular flexibility index (Phi) is 2.99. The lowest BCUT2D eigenvalue weighted by molar-refractivity contribution is 0.346. The highest BCUT2D eigenvalue weighted by Gasteiger charge is 2.47. The highest BCUT2D eigenvalue weighted by atomic mass is 14.9. The van der Waals surface area contributed by atoms with Crippen LogP contribution in [0.2, 0.25) is 0 Å². The molecule has 4 rings (SSSR count). The largest absolute Gasteiger partial charge is 0.310 e. The van der Waals surface area contributed by atoms with Gasteiger partial charge in [-0.25, -0.2) is 0 Å². The fraction of sp³-hybridized carbons (Fsp3) is 0.500. The maximum absolute atomic E-state index is 4.65. The van der Waals surface area contributed by atoms with Crippen LogP contribution in [0.25, 0.3) is 10.9 Å². The first-order valence-electron chi connectivity index (χ1n) is 7.93. The Morgan fingerprint density at radius 1 is 1.20 bits per heavy atom. The first kappa shape index (κ1) is 12.3. The third-order valence-corrected chi connectivity index (χ3v) is 5.15. The Bertz CT molecular complexity index is 612. The number of nitrogens with zero attached hydrogens (tertiary/aromatic N) is 1. The van der Waals surface area contributed by atoms with Crippen molar-refractivity contribution < 1.29 is 0 Å². The molecule has 0 bridgehead atoms. The van der Waals surface area contributed by atoms with Crippen molar-refractivity contribution in [3.8, 4) is 0 Å². The number of fused-ring (bicyclic) bond motifs is 2. The van der Waals surface area contributed by atoms with Crippen LogP contribution in [0.5, 0.6) is 0 Å². The second kappa shape index (κ2) is 4.85. The Balaban J connectivity index is 1.66. The molecule has 0 saturated heterocycles. The second-order valence-corrected chi connectivity index (χ2v) is 6.48. The Morgan fingerprint density at radius 3 is 2.80 bits per heavy atom. The molecule has 2 fully saturated rings. The Labute approximate surface area is 120 Å². The van der Waals surface area contributed by atoms with Gasteiger partial charge in [0, 0.05) is 17.6 Å². The molecule has 1 heterocycles. The van der Waals surface area contributed by atoms with E-state index in [2.05, 4.69) is 53.8 Å². The van der Waals surface area contributed by atoms with Gasteiger partial charge in [0.25, 0.3) is 0 Å². The van der Waals surface area contributed by atoms with Crippen molar-refractivity contribution in [3.05, 3.63) is 42.1 Å². The smallest absolute Gasteiger partial charge is 0.0702 e. The van der Waals surface area contributed by atoms with Crippen LogP contribution in [0, 0.1) is 17.8 Å². The monoisotopic (exact) mass is 266 g/mol. The summed E-state index contributed by atoms with van der Waals surface area (Å²) in [4.78, 5) is 4.65. The summed E-state index contributed by atoms with van der Waals surface area (Å²) >= 11 is 0. The van der Waals surface area contributed by atoms with E-state index in [0.717, 1.165) is 29.8 Å². The van der Waals surface area contributed by atoms with Crippen LogP contribution < -0.4 is 5.32 Å². The standard InChI is InChI=1S/C18H22N2/c1-2-19-18(15-9-13-8-14(13)10-15)16-7-12-5-3-4-6-17(12)20-11-16/h3-7,11,13-15,18-19H,2,8-10H2,1H3. The van der Waals surface area contributed by atoms with Gasteiger partial charge in [-0.1, -0.05) is 25.1 Å². The predicted molar refractivity (Wildman–Crippen MR) is 82.5 cm³/mol. The van der Waals surface area contributed by atoms with Gasteiger partial charge in [0.2, 0.25) is 0 Å². The summed E-state index contributed by atoms with van der Waals surface area (Å²) in [5.74, 6) is 2.88. The molecular weight excluding hydrogens is 244 g/mol. The summed E-state index contributed by atoms with van der Waals surface area (Å²) in [5.41, 5.74) is 2.47. The van der Waals surface area contributed by atoms with E-state index in [1.165, 1.54) is 30.2 Å². The molecule has 1 aromatic carbocycles. The van der Waals surface area contributed by atoms with Gasteiger partial charge in [-0.05, 0) is 61.3 Å². The highest BCUT2D eigenvalue weighted by molar-refractivity contribution is 5.78. The lowest BCUT2D eigenvalue weighted by Crippen LogP contribution is -2.27. The molecular formula is C18H22N2. The van der Waals surface area contributed by atoms with Gasteiger partial charge in [-0.3, -0.25) is 4.98 Å². The van der Waals surface area contributed by atoms with Crippen molar-refractivity contribution in [3.63, 3.8) is 0 Å². The van der Waals surface area contributed by atoms with E-state index in [1.54, 1.807) is 0 Å². The summed E-state index contributed by atoms with van der Waals surface area (Å²) in [6, 6.07) is 11.2. The van der Waals surface area contributed by atoms with E-state index in [1.807, 2.05) is 0 Å². The number of pyridine rings is 1. The zero-order valence-electron chi connectivity index (χ0n) is 12.0. The van der Waals surface area contributed by atoms with Gasteiger partial charge >= 0.3 is 0 Å². The third kappa shape index (κ3) is 2.12. The van der Waals surface area contributed by atoms with Crippen LogP contribution in [0.1, 0.15) is 37.8 Å². The zero-order valence-corrected chi connectivity index (χ0v) is 12.0. The normalized spacial score (nSPS) is 29.4. The molecule has 0 amide bonds. The van der Waals surface area contributed by atoms with Crippen LogP contribution in [0.3, 0.4) is 0 Å². The summed E-state index contributed by atoms with van der Waals surface area (Å²) in [6.07, 6.45) is 6.40. The van der Waals surface area contributed by atoms with E-state index in [9.17, 15) is 0 Å². The Hall–Kier alpha value is -1.41. The molecule has 3 atom stereocenters. The molecule has 1 N–H and O–H groups in total. The third-order valence-electron chi connectivity index (χ3n) is 5.15. The first-order chi connectivity index (χ1) is 9.85. The van der Waals surface area contributed by atoms with Gasteiger partial charge in [0.1, 0.15) is 0 Å². The van der Waals surface area contributed by atoms with Crippen molar-refractivity contribution in [1.29, 1.82) is 0 Å². The zero-order chi connectivity index (χ0) is 13.5. The SMILES string of the molecule is CCNC(c1cnc2ccccc2c1)C1CC2CC2C1. The number of nitrogens with one attached hydrogen (secondary N) is 1. The summed E-state index contributed by atoms with van der Waals surface area (Å²) in [6.45, 7) is 3.24. The predicted octanol–water partition coefficient (Wildman–Crippen LogP) is 3.93. The molecule has 2 nitrogen and oxygen atoms in total. The number of benzene rings is 1. The molecule has 1 aromatic heterocycles. The number of hydrogen-bond donors (Lipinski definition) is 1. The van der Waals surface area contributed by atoms with Crippen LogP contribution in [0.4, 0.5) is 0 Å². The minimum Gasteiger partial charge on any atom is -0.310 e. The van der Waals surface area contributed by atoms with Crippen LogP contribution in [-0.2, 0) is 0 Å². The molecule has 0 aliphatic heterocycles. The molecule has 0 radical (unpaired) electrons. The van der Waals surface area contributed by atoms with E-state index in [0.29, 0.717) is 6.04 Å². The number of para-hydroxylation sites is 1. The molecule has 20 heavy (non-hydrogen) atoms. The lowest BCUT2D eigenvalue weighted by Gasteiger charge is -2.26. The van der Waals surface area contributed by atoms with Crippen molar-refractivity contribution >= 4 is 10.9 Å². The number of rotatable bonds is 4. The van der Waals surface area contributed by atoms with Gasteiger partial charge in [-0.2, -0.15) is 0 Å². The molecule has 104 valence electrons. The minimum absolute atomic E-state index is 0.491. The van der Waals surface area contributed by atoms with Crippen molar-refractivity contribution in [2.45, 2.75) is 32.2 Å². The minimum atomic E-state index is 0.491. The van der Waals surface area contributed by atoms with Crippen molar-refractivity contribution in [2.24, 2.45) is 17.8 Å². The topological polar surface area (TPSA) is 24.9 Å². The number of aromatic nitrogens is 1. The molecule has 2 aliphatic carbocycles. The summed E-state index contributed by atoms with van der Waals surface area (Å²) < 4.78 is 0. The maximum atomic E-state index is 4.65. The van der Waals surface area contributed by atoms with E-state index in [4.69, 9.17) is 0 Å². The fourth-order valence-corrected chi connectivity index (χ4v) is 4.07. The fourth-order valence-electron chi connectivity index (χ4n) is 4.07. The molecule has 2 aromatic rings. The lowest BCUT2D eigenvalue weighted by atomic mass is 9.89. The van der Waals surface area contributed by atoms with Crippen LogP contribution >= 0.6 is 0 Å². The van der Waals surface area contributed by atoms with Crippen LogP contribution in [0.15, 0.2) is 36.5 Å². The quantitative estimate of drug-likeness (QED) is 0.907. The first-order valence-corrected chi connectivity index (χ1v) is 7.93. The Morgan fingerprint density at radius 2 is 2.00 bits per heavy atom. The van der Waals surface area contributed by atoms with E-state index >= 15 is 0 Å². The molecule has 2 aliphatic rings. The molecule has 2 heteroatoms. The van der Waals surface area contributed by atoms with Crippen molar-refractivity contribution in [1.82, 2.24) is 10.3 Å². The van der Waals surface area contributed by atoms with Gasteiger partial charge in [-0.15, -0.1) is 0 Å². The molecule has 0 spiro atoms. The molecule has 3 unspecified atom stereocenters. The second-order valence-electron chi connectivity index (χ2n) is 6.48. The van der Waals surface area contributed by atoms with Crippen LogP contribution in [-0.4, -0.2) is 11.5 Å². The maximum Gasteiger partial charge on any atom is 0.0702 e. The molecule has 2 saturated carbocycles. The van der Waals surface area contributed by atoms with Gasteiger partial charge in [0.05, 0.1) is 5.52 Å². The highest BCUT2D eigenvalue weighted by Crippen LogP contribution is 2.57. The average molecular weight is 266 g/mol. The summed E-state index contributed by atoms with van der Waals surface area (Å²) in [5, 5.41) is 4.97. The van der Waals surface area contributed by atoms with Gasteiger partial charge < -0.3 is 5.32 Å². The average Bonchev–Trinajstić information content (AvgIpc) is 3.10. The van der Waals surface area contributed by atoms with Gasteiger partial charge in [0.15, 0.2) is 0 Å². The van der Waals surface area contributed by atoms with E-state index < -0.39 is 0 Å². The van der Waals surface area contributed by atoms with Crippen molar-refractivity contribution in [2.75, 3.05) is 6.54 Å².